The normalized spacial score (nSPS) is 13.2. The first-order chi connectivity index (χ1) is 28.7. The SMILES string of the molecule is C=C/C=C(\C=C/C)c1ccc(N(c2ccc(-c3ccc4c(c3)C(c3ccccc3)(c3ccccc3)c3c-4oc4ccccc34)cc2)c2ccc3ccccc3c2)cc1. The Bertz CT molecular complexity index is 2960. The maximum atomic E-state index is 6.76. The second-order valence-electron chi connectivity index (χ2n) is 14.9. The van der Waals surface area contributed by atoms with E-state index in [1.807, 2.05) is 19.1 Å². The van der Waals surface area contributed by atoms with Gasteiger partial charge >= 0.3 is 0 Å². The van der Waals surface area contributed by atoms with Crippen molar-refractivity contribution < 1.29 is 4.42 Å². The van der Waals surface area contributed by atoms with Crippen LogP contribution in [0.25, 0.3) is 49.8 Å². The molecule has 2 nitrogen and oxygen atoms in total. The van der Waals surface area contributed by atoms with Crippen LogP contribution in [0.15, 0.2) is 229 Å². The van der Waals surface area contributed by atoms with Crippen LogP contribution in [-0.2, 0) is 5.41 Å². The van der Waals surface area contributed by atoms with Crippen LogP contribution < -0.4 is 4.90 Å². The Morgan fingerprint density at radius 3 is 1.86 bits per heavy atom. The van der Waals surface area contributed by atoms with Gasteiger partial charge in [-0.1, -0.05) is 176 Å². The molecule has 0 N–H and O–H groups in total. The van der Waals surface area contributed by atoms with Gasteiger partial charge in [-0.3, -0.25) is 0 Å². The molecule has 0 radical (unpaired) electrons. The molecule has 0 unspecified atom stereocenters. The summed E-state index contributed by atoms with van der Waals surface area (Å²) in [6.07, 6.45) is 8.07. The standard InChI is InChI=1S/C56H41NO/c1-3-15-39(16-4-2)41-25-31-47(32-26-41)57(49-35-29-40-17-11-12-18-43(40)37-49)48-33-27-42(28-34-48)44-30-36-50-52(38-44)56(45-19-7-5-8-20-45,46-21-9-6-10-22-46)54-51-23-13-14-24-53(51)58-55(50)54/h3-38H,1H2,2H3/b16-4-,39-15+. The van der Waals surface area contributed by atoms with E-state index < -0.39 is 5.41 Å². The van der Waals surface area contributed by atoms with Crippen LogP contribution in [0, 0.1) is 0 Å². The minimum Gasteiger partial charge on any atom is -0.456 e. The van der Waals surface area contributed by atoms with Crippen LogP contribution >= 0.6 is 0 Å². The minimum absolute atomic E-state index is 0.567. The first-order valence-electron chi connectivity index (χ1n) is 19.9. The first-order valence-corrected chi connectivity index (χ1v) is 19.9. The van der Waals surface area contributed by atoms with Crippen LogP contribution in [0.4, 0.5) is 17.1 Å². The zero-order valence-electron chi connectivity index (χ0n) is 32.3. The van der Waals surface area contributed by atoms with E-state index >= 15 is 0 Å². The highest BCUT2D eigenvalue weighted by Crippen LogP contribution is 2.59. The molecule has 1 aliphatic rings. The highest BCUT2D eigenvalue weighted by Gasteiger charge is 2.49. The van der Waals surface area contributed by atoms with Crippen molar-refractivity contribution in [1.82, 2.24) is 0 Å². The Morgan fingerprint density at radius 1 is 0.569 bits per heavy atom. The highest BCUT2D eigenvalue weighted by atomic mass is 16.3. The molecule has 0 spiro atoms. The number of nitrogens with zero attached hydrogens (tertiary/aromatic N) is 1. The number of hydrogen-bond acceptors (Lipinski definition) is 2. The predicted molar refractivity (Wildman–Crippen MR) is 244 cm³/mol. The molecule has 0 amide bonds. The molecule has 58 heavy (non-hydrogen) atoms. The quantitative estimate of drug-likeness (QED) is 0.137. The summed E-state index contributed by atoms with van der Waals surface area (Å²) in [6, 6.07) is 70.3. The second kappa shape index (κ2) is 14.6. The third kappa shape index (κ3) is 5.73. The predicted octanol–water partition coefficient (Wildman–Crippen LogP) is 15.2. The smallest absolute Gasteiger partial charge is 0.140 e. The van der Waals surface area contributed by atoms with E-state index in [1.54, 1.807) is 0 Å². The lowest BCUT2D eigenvalue weighted by molar-refractivity contribution is 0.628. The Morgan fingerprint density at radius 2 is 1.17 bits per heavy atom. The van der Waals surface area contributed by atoms with Gasteiger partial charge in [0.25, 0.3) is 0 Å². The van der Waals surface area contributed by atoms with Crippen molar-refractivity contribution in [1.29, 1.82) is 0 Å². The molecule has 10 rings (SSSR count). The Balaban J connectivity index is 1.11. The van der Waals surface area contributed by atoms with Crippen molar-refractivity contribution in [2.24, 2.45) is 0 Å². The van der Waals surface area contributed by atoms with Crippen molar-refractivity contribution in [3.05, 3.63) is 253 Å². The van der Waals surface area contributed by atoms with Gasteiger partial charge in [-0.15, -0.1) is 0 Å². The third-order valence-corrected chi connectivity index (χ3v) is 11.6. The van der Waals surface area contributed by atoms with Gasteiger partial charge in [0.05, 0.1) is 5.41 Å². The third-order valence-electron chi connectivity index (χ3n) is 11.6. The molecule has 276 valence electrons. The average molecular weight is 744 g/mol. The fraction of sp³-hybridized carbons (Fsp3) is 0.0357. The second-order valence-corrected chi connectivity index (χ2v) is 14.9. The monoisotopic (exact) mass is 743 g/mol. The topological polar surface area (TPSA) is 16.4 Å². The van der Waals surface area contributed by atoms with Crippen LogP contribution in [0.5, 0.6) is 0 Å². The van der Waals surface area contributed by atoms with E-state index in [-0.39, 0.29) is 0 Å². The summed E-state index contributed by atoms with van der Waals surface area (Å²) in [6.45, 7) is 5.97. The molecule has 0 saturated heterocycles. The van der Waals surface area contributed by atoms with E-state index in [9.17, 15) is 0 Å². The lowest BCUT2D eigenvalue weighted by Crippen LogP contribution is -2.28. The first kappa shape index (κ1) is 35.0. The van der Waals surface area contributed by atoms with Gasteiger partial charge in [0, 0.05) is 33.6 Å². The van der Waals surface area contributed by atoms with Gasteiger partial charge in [-0.25, -0.2) is 0 Å². The van der Waals surface area contributed by atoms with Crippen molar-refractivity contribution in [2.75, 3.05) is 4.90 Å². The van der Waals surface area contributed by atoms with Crippen LogP contribution in [-0.4, -0.2) is 0 Å². The number of fused-ring (bicyclic) bond motifs is 6. The summed E-state index contributed by atoms with van der Waals surface area (Å²) in [5, 5.41) is 3.56. The van der Waals surface area contributed by atoms with Crippen LogP contribution in [0.2, 0.25) is 0 Å². The van der Waals surface area contributed by atoms with Crippen molar-refractivity contribution in [2.45, 2.75) is 12.3 Å². The number of rotatable bonds is 9. The summed E-state index contributed by atoms with van der Waals surface area (Å²) in [5.41, 5.74) is 14.2. The molecule has 9 aromatic rings. The van der Waals surface area contributed by atoms with Gasteiger partial charge in [0.1, 0.15) is 11.3 Å². The van der Waals surface area contributed by atoms with Gasteiger partial charge in [0.15, 0.2) is 0 Å². The summed E-state index contributed by atoms with van der Waals surface area (Å²) >= 11 is 0. The summed E-state index contributed by atoms with van der Waals surface area (Å²) in [4.78, 5) is 2.34. The summed E-state index contributed by atoms with van der Waals surface area (Å²) in [5.74, 6) is 0.945. The average Bonchev–Trinajstić information content (AvgIpc) is 3.81. The molecule has 1 aromatic heterocycles. The molecule has 1 heterocycles. The van der Waals surface area contributed by atoms with Crippen molar-refractivity contribution in [3.8, 4) is 22.5 Å². The molecule has 1 aliphatic carbocycles. The number of anilines is 3. The van der Waals surface area contributed by atoms with E-state index in [2.05, 4.69) is 218 Å². The largest absolute Gasteiger partial charge is 0.456 e. The van der Waals surface area contributed by atoms with Crippen molar-refractivity contribution in [3.63, 3.8) is 0 Å². The fourth-order valence-electron chi connectivity index (χ4n) is 9.04. The molecule has 0 fully saturated rings. The van der Waals surface area contributed by atoms with Gasteiger partial charge < -0.3 is 9.32 Å². The maximum absolute atomic E-state index is 6.76. The number of furan rings is 1. The van der Waals surface area contributed by atoms with Gasteiger partial charge in [0.2, 0.25) is 0 Å². The lowest BCUT2D eigenvalue weighted by Gasteiger charge is -2.33. The number of benzene rings is 8. The summed E-state index contributed by atoms with van der Waals surface area (Å²) < 4.78 is 6.76. The Hall–Kier alpha value is -7.42. The van der Waals surface area contributed by atoms with Crippen molar-refractivity contribution >= 4 is 44.4 Å². The minimum atomic E-state index is -0.567. The molecule has 8 aromatic carbocycles. The molecular weight excluding hydrogens is 703 g/mol. The molecule has 0 saturated carbocycles. The maximum Gasteiger partial charge on any atom is 0.140 e. The van der Waals surface area contributed by atoms with Gasteiger partial charge in [-0.05, 0) is 105 Å². The van der Waals surface area contributed by atoms with Gasteiger partial charge in [-0.2, -0.15) is 0 Å². The molecular formula is C56H41NO. The number of hydrogen-bond donors (Lipinski definition) is 0. The lowest BCUT2D eigenvalue weighted by atomic mass is 9.67. The summed E-state index contributed by atoms with van der Waals surface area (Å²) in [7, 11) is 0. The zero-order valence-corrected chi connectivity index (χ0v) is 32.3. The Labute approximate surface area is 340 Å². The fourth-order valence-corrected chi connectivity index (χ4v) is 9.04. The van der Waals surface area contributed by atoms with E-state index in [0.29, 0.717) is 0 Å². The molecule has 0 aliphatic heterocycles. The number of para-hydroxylation sites is 1. The van der Waals surface area contributed by atoms with Crippen LogP contribution in [0.1, 0.15) is 34.7 Å². The van der Waals surface area contributed by atoms with E-state index in [1.165, 1.54) is 33.0 Å². The Kier molecular flexibility index (Phi) is 8.81. The molecule has 0 bridgehead atoms. The molecule has 0 atom stereocenters. The van der Waals surface area contributed by atoms with E-state index in [4.69, 9.17) is 4.42 Å². The highest BCUT2D eigenvalue weighted by molar-refractivity contribution is 5.98. The number of allylic oxidation sites excluding steroid dienone is 5. The van der Waals surface area contributed by atoms with Crippen LogP contribution in [0.3, 0.4) is 0 Å². The van der Waals surface area contributed by atoms with E-state index in [0.717, 1.165) is 61.6 Å². The zero-order chi connectivity index (χ0) is 39.1. The molecule has 2 heteroatoms.